The van der Waals surface area contributed by atoms with E-state index in [-0.39, 0.29) is 11.9 Å². The van der Waals surface area contributed by atoms with Crippen LogP contribution in [0.25, 0.3) is 0 Å². The van der Waals surface area contributed by atoms with Crippen LogP contribution in [0.1, 0.15) is 20.8 Å². The zero-order valence-electron chi connectivity index (χ0n) is 11.3. The molecule has 6 nitrogen and oxygen atoms in total. The lowest BCUT2D eigenvalue weighted by Gasteiger charge is -2.34. The minimum absolute atomic E-state index is 0.0538. The summed E-state index contributed by atoms with van der Waals surface area (Å²) < 4.78 is 25.4. The summed E-state index contributed by atoms with van der Waals surface area (Å²) in [4.78, 5) is 13.7. The van der Waals surface area contributed by atoms with Crippen molar-refractivity contribution in [3.63, 3.8) is 0 Å². The summed E-state index contributed by atoms with van der Waals surface area (Å²) in [6.07, 6.45) is 0. The van der Waals surface area contributed by atoms with E-state index in [0.29, 0.717) is 19.6 Å². The molecule has 0 aliphatic carbocycles. The second-order valence-electron chi connectivity index (χ2n) is 4.48. The largest absolute Gasteiger partial charge is 0.337 e. The maximum absolute atomic E-state index is 12.1. The Kier molecular flexibility index (Phi) is 5.55. The van der Waals surface area contributed by atoms with E-state index in [2.05, 4.69) is 5.32 Å². The molecule has 0 spiro atoms. The molecule has 1 aliphatic rings. The van der Waals surface area contributed by atoms with Crippen LogP contribution in [0.3, 0.4) is 0 Å². The predicted octanol–water partition coefficient (Wildman–Crippen LogP) is -0.522. The molecule has 0 aromatic rings. The first-order valence-corrected chi connectivity index (χ1v) is 8.01. The number of piperazine rings is 1. The minimum Gasteiger partial charge on any atom is -0.337 e. The van der Waals surface area contributed by atoms with Crippen molar-refractivity contribution in [1.82, 2.24) is 14.5 Å². The summed E-state index contributed by atoms with van der Waals surface area (Å²) in [6, 6.07) is 0.0538. The highest BCUT2D eigenvalue weighted by Crippen LogP contribution is 2.07. The third kappa shape index (κ3) is 3.66. The van der Waals surface area contributed by atoms with Crippen LogP contribution in [0, 0.1) is 0 Å². The lowest BCUT2D eigenvalue weighted by atomic mass is 10.2. The van der Waals surface area contributed by atoms with Gasteiger partial charge in [0.05, 0.1) is 0 Å². The standard InChI is InChI=1S/C11H23N3O3S/c1-4-13(5-2)18(16,17)9-11(15)14-7-6-12-8-10(14)3/h10,12H,4-9H2,1-3H3/t10-/m0/s1. The third-order valence-corrected chi connectivity index (χ3v) is 5.14. The number of carbonyl (C=O) groups excluding carboxylic acids is 1. The van der Waals surface area contributed by atoms with Crippen LogP contribution in [-0.4, -0.2) is 68.0 Å². The van der Waals surface area contributed by atoms with E-state index in [1.807, 2.05) is 6.92 Å². The van der Waals surface area contributed by atoms with Crippen LogP contribution in [0.2, 0.25) is 0 Å². The zero-order chi connectivity index (χ0) is 13.8. The van der Waals surface area contributed by atoms with E-state index < -0.39 is 15.8 Å². The van der Waals surface area contributed by atoms with Crippen molar-refractivity contribution in [3.8, 4) is 0 Å². The van der Waals surface area contributed by atoms with E-state index in [1.165, 1.54) is 4.31 Å². The Bertz CT molecular complexity index is 379. The Balaban J connectivity index is 2.68. The third-order valence-electron chi connectivity index (χ3n) is 3.23. The van der Waals surface area contributed by atoms with Crippen molar-refractivity contribution in [2.75, 3.05) is 38.5 Å². The summed E-state index contributed by atoms with van der Waals surface area (Å²) in [7, 11) is -3.47. The minimum atomic E-state index is -3.47. The highest BCUT2D eigenvalue weighted by atomic mass is 32.2. The van der Waals surface area contributed by atoms with Gasteiger partial charge in [0.1, 0.15) is 5.75 Å². The van der Waals surface area contributed by atoms with Crippen molar-refractivity contribution in [1.29, 1.82) is 0 Å². The van der Waals surface area contributed by atoms with Gasteiger partial charge in [0.25, 0.3) is 0 Å². The van der Waals surface area contributed by atoms with Crippen molar-refractivity contribution in [2.45, 2.75) is 26.8 Å². The number of hydrogen-bond donors (Lipinski definition) is 1. The van der Waals surface area contributed by atoms with Gasteiger partial charge >= 0.3 is 0 Å². The average Bonchev–Trinajstić information content (AvgIpc) is 2.29. The second-order valence-corrected chi connectivity index (χ2v) is 6.45. The summed E-state index contributed by atoms with van der Waals surface area (Å²) in [5.74, 6) is -0.713. The highest BCUT2D eigenvalue weighted by Gasteiger charge is 2.29. The summed E-state index contributed by atoms with van der Waals surface area (Å²) in [5, 5.41) is 3.17. The number of amides is 1. The molecular formula is C11H23N3O3S. The quantitative estimate of drug-likeness (QED) is 0.734. The Morgan fingerprint density at radius 3 is 2.50 bits per heavy atom. The van der Waals surface area contributed by atoms with Crippen LogP contribution >= 0.6 is 0 Å². The Labute approximate surface area is 109 Å². The lowest BCUT2D eigenvalue weighted by Crippen LogP contribution is -2.54. The van der Waals surface area contributed by atoms with Crippen LogP contribution in [0.15, 0.2) is 0 Å². The van der Waals surface area contributed by atoms with Crippen LogP contribution in [0.5, 0.6) is 0 Å². The van der Waals surface area contributed by atoms with Crippen LogP contribution in [-0.2, 0) is 14.8 Å². The van der Waals surface area contributed by atoms with Crippen molar-refractivity contribution in [3.05, 3.63) is 0 Å². The Morgan fingerprint density at radius 2 is 2.00 bits per heavy atom. The molecule has 0 radical (unpaired) electrons. The molecule has 18 heavy (non-hydrogen) atoms. The molecule has 1 saturated heterocycles. The molecule has 1 fully saturated rings. The maximum Gasteiger partial charge on any atom is 0.239 e. The first kappa shape index (κ1) is 15.4. The van der Waals surface area contributed by atoms with Crippen molar-refractivity contribution in [2.24, 2.45) is 0 Å². The average molecular weight is 277 g/mol. The van der Waals surface area contributed by atoms with Gasteiger partial charge in [-0.05, 0) is 6.92 Å². The molecular weight excluding hydrogens is 254 g/mol. The topological polar surface area (TPSA) is 69.7 Å². The first-order chi connectivity index (χ1) is 8.42. The van der Waals surface area contributed by atoms with Gasteiger partial charge in [0.2, 0.25) is 15.9 Å². The number of nitrogens with zero attached hydrogens (tertiary/aromatic N) is 2. The molecule has 1 heterocycles. The molecule has 0 saturated carbocycles. The smallest absolute Gasteiger partial charge is 0.239 e. The van der Waals surface area contributed by atoms with Gasteiger partial charge in [-0.2, -0.15) is 0 Å². The Hall–Kier alpha value is -0.660. The highest BCUT2D eigenvalue weighted by molar-refractivity contribution is 7.89. The van der Waals surface area contributed by atoms with Crippen molar-refractivity contribution >= 4 is 15.9 Å². The SMILES string of the molecule is CCN(CC)S(=O)(=O)CC(=O)N1CCNC[C@@H]1C. The fraction of sp³-hybridized carbons (Fsp3) is 0.909. The van der Waals surface area contributed by atoms with Gasteiger partial charge in [-0.1, -0.05) is 13.8 Å². The monoisotopic (exact) mass is 277 g/mol. The normalized spacial score (nSPS) is 21.3. The first-order valence-electron chi connectivity index (χ1n) is 6.40. The number of sulfonamides is 1. The molecule has 1 atom stereocenters. The van der Waals surface area contributed by atoms with E-state index in [0.717, 1.165) is 13.1 Å². The molecule has 1 rings (SSSR count). The molecule has 0 aromatic carbocycles. The van der Waals surface area contributed by atoms with Crippen LogP contribution in [0.4, 0.5) is 0 Å². The molecule has 1 aliphatic heterocycles. The molecule has 1 amide bonds. The number of hydrogen-bond acceptors (Lipinski definition) is 4. The van der Waals surface area contributed by atoms with E-state index >= 15 is 0 Å². The number of rotatable bonds is 5. The fourth-order valence-electron chi connectivity index (χ4n) is 2.16. The maximum atomic E-state index is 12.1. The van der Waals surface area contributed by atoms with Gasteiger partial charge in [-0.15, -0.1) is 0 Å². The molecule has 7 heteroatoms. The van der Waals surface area contributed by atoms with Gasteiger partial charge < -0.3 is 10.2 Å². The molecule has 106 valence electrons. The summed E-state index contributed by atoms with van der Waals surface area (Å²) in [6.45, 7) is 8.31. The predicted molar refractivity (Wildman–Crippen MR) is 70.8 cm³/mol. The number of nitrogens with one attached hydrogen (secondary N) is 1. The van der Waals surface area contributed by atoms with E-state index in [4.69, 9.17) is 0 Å². The molecule has 0 bridgehead atoms. The van der Waals surface area contributed by atoms with E-state index in [9.17, 15) is 13.2 Å². The second kappa shape index (κ2) is 6.49. The molecule has 0 aromatic heterocycles. The molecule has 1 N–H and O–H groups in total. The summed E-state index contributed by atoms with van der Waals surface area (Å²) >= 11 is 0. The van der Waals surface area contributed by atoms with E-state index in [1.54, 1.807) is 18.7 Å². The summed E-state index contributed by atoms with van der Waals surface area (Å²) in [5.41, 5.74) is 0. The lowest BCUT2D eigenvalue weighted by molar-refractivity contribution is -0.131. The van der Waals surface area contributed by atoms with Crippen LogP contribution < -0.4 is 5.32 Å². The molecule has 0 unspecified atom stereocenters. The van der Waals surface area contributed by atoms with Gasteiger partial charge in [-0.25, -0.2) is 12.7 Å². The Morgan fingerprint density at radius 1 is 1.39 bits per heavy atom. The van der Waals surface area contributed by atoms with Crippen molar-refractivity contribution < 1.29 is 13.2 Å². The fourth-order valence-corrected chi connectivity index (χ4v) is 3.61. The van der Waals surface area contributed by atoms with Gasteiger partial charge in [0, 0.05) is 38.8 Å². The zero-order valence-corrected chi connectivity index (χ0v) is 12.2. The number of carbonyl (C=O) groups is 1. The van der Waals surface area contributed by atoms with Gasteiger partial charge in [-0.3, -0.25) is 4.79 Å². The van der Waals surface area contributed by atoms with Gasteiger partial charge in [0.15, 0.2) is 0 Å².